The molecule has 0 amide bonds. The molecule has 25 heavy (non-hydrogen) atoms. The van der Waals surface area contributed by atoms with Crippen LogP contribution in [0.4, 0.5) is 0 Å². The molecule has 0 unspecified atom stereocenters. The van der Waals surface area contributed by atoms with E-state index in [-0.39, 0.29) is 5.56 Å². The lowest BCUT2D eigenvalue weighted by Crippen LogP contribution is -2.21. The summed E-state index contributed by atoms with van der Waals surface area (Å²) in [5, 5.41) is 4.72. The molecule has 0 aliphatic rings. The van der Waals surface area contributed by atoms with E-state index < -0.39 is 0 Å². The number of nitrogens with zero attached hydrogens (tertiary/aromatic N) is 2. The Morgan fingerprint density at radius 3 is 2.24 bits per heavy atom. The Morgan fingerprint density at radius 1 is 0.960 bits per heavy atom. The van der Waals surface area contributed by atoms with Gasteiger partial charge in [0.2, 0.25) is 0 Å². The Balaban J connectivity index is 2.02. The monoisotopic (exact) mass is 330 g/mol. The molecule has 4 nitrogen and oxygen atoms in total. The molecule has 4 aromatic rings. The predicted molar refractivity (Wildman–Crippen MR) is 99.4 cm³/mol. The van der Waals surface area contributed by atoms with Crippen molar-refractivity contribution in [2.24, 2.45) is 0 Å². The van der Waals surface area contributed by atoms with Crippen molar-refractivity contribution < 1.29 is 4.52 Å². The second-order valence-corrected chi connectivity index (χ2v) is 5.99. The Labute approximate surface area is 145 Å². The zero-order valence-electron chi connectivity index (χ0n) is 14.0. The van der Waals surface area contributed by atoms with Crippen molar-refractivity contribution in [3.63, 3.8) is 0 Å². The first-order valence-electron chi connectivity index (χ1n) is 8.43. The summed E-state index contributed by atoms with van der Waals surface area (Å²) in [5.41, 5.74) is 3.80. The maximum absolute atomic E-state index is 13.2. The number of fused-ring (bicyclic) bond motifs is 1. The van der Waals surface area contributed by atoms with E-state index in [9.17, 15) is 4.79 Å². The van der Waals surface area contributed by atoms with Crippen LogP contribution in [-0.4, -0.2) is 9.72 Å². The normalized spacial score (nSPS) is 11.1. The van der Waals surface area contributed by atoms with Crippen LogP contribution in [0.5, 0.6) is 0 Å². The van der Waals surface area contributed by atoms with Crippen molar-refractivity contribution in [2.45, 2.75) is 19.9 Å². The van der Waals surface area contributed by atoms with E-state index in [2.05, 4.69) is 12.1 Å². The van der Waals surface area contributed by atoms with E-state index in [0.717, 1.165) is 23.2 Å². The summed E-state index contributed by atoms with van der Waals surface area (Å²) >= 11 is 0. The van der Waals surface area contributed by atoms with Crippen LogP contribution in [0.15, 0.2) is 76.0 Å². The molecule has 2 aromatic heterocycles. The first kappa shape index (κ1) is 15.4. The van der Waals surface area contributed by atoms with Crippen molar-refractivity contribution >= 4 is 11.0 Å². The molecule has 4 rings (SSSR count). The minimum Gasteiger partial charge on any atom is -0.355 e. The number of pyridine rings is 1. The van der Waals surface area contributed by atoms with Gasteiger partial charge in [-0.25, -0.2) is 0 Å². The standard InChI is InChI=1S/C21H18N2O2/c1-2-13-23-17(15-9-5-3-6-10-15)14-18-19(21(23)24)20(22-25-18)16-11-7-4-8-12-16/h3-12,14H,2,13H2,1H3. The number of aromatic nitrogens is 2. The van der Waals surface area contributed by atoms with Gasteiger partial charge in [0, 0.05) is 18.2 Å². The van der Waals surface area contributed by atoms with E-state index in [1.807, 2.05) is 71.3 Å². The molecule has 0 aliphatic heterocycles. The quantitative estimate of drug-likeness (QED) is 0.543. The van der Waals surface area contributed by atoms with Crippen molar-refractivity contribution in [1.82, 2.24) is 9.72 Å². The second-order valence-electron chi connectivity index (χ2n) is 5.99. The Morgan fingerprint density at radius 2 is 1.60 bits per heavy atom. The van der Waals surface area contributed by atoms with E-state index in [0.29, 0.717) is 23.2 Å². The third kappa shape index (κ3) is 2.66. The molecule has 0 aliphatic carbocycles. The van der Waals surface area contributed by atoms with Gasteiger partial charge in [0.1, 0.15) is 11.1 Å². The van der Waals surface area contributed by atoms with E-state index in [1.165, 1.54) is 0 Å². The Kier molecular flexibility index (Phi) is 3.94. The molecule has 0 spiro atoms. The average Bonchev–Trinajstić information content (AvgIpc) is 3.10. The first-order valence-corrected chi connectivity index (χ1v) is 8.43. The highest BCUT2D eigenvalue weighted by molar-refractivity contribution is 5.92. The summed E-state index contributed by atoms with van der Waals surface area (Å²) in [6, 6.07) is 21.5. The highest BCUT2D eigenvalue weighted by Gasteiger charge is 2.18. The summed E-state index contributed by atoms with van der Waals surface area (Å²) in [4.78, 5) is 13.2. The van der Waals surface area contributed by atoms with Gasteiger partial charge >= 0.3 is 0 Å². The summed E-state index contributed by atoms with van der Waals surface area (Å²) in [5.74, 6) is 0. The fraction of sp³-hybridized carbons (Fsp3) is 0.143. The highest BCUT2D eigenvalue weighted by Crippen LogP contribution is 2.28. The van der Waals surface area contributed by atoms with Crippen molar-refractivity contribution in [3.05, 3.63) is 77.1 Å². The van der Waals surface area contributed by atoms with Gasteiger partial charge in [-0.2, -0.15) is 0 Å². The molecule has 2 aromatic carbocycles. The third-order valence-electron chi connectivity index (χ3n) is 4.30. The van der Waals surface area contributed by atoms with Crippen molar-refractivity contribution in [3.8, 4) is 22.5 Å². The highest BCUT2D eigenvalue weighted by atomic mass is 16.5. The summed E-state index contributed by atoms with van der Waals surface area (Å²) in [7, 11) is 0. The molecule has 2 heterocycles. The fourth-order valence-electron chi connectivity index (χ4n) is 3.14. The molecule has 124 valence electrons. The lowest BCUT2D eigenvalue weighted by molar-refractivity contribution is 0.459. The average molecular weight is 330 g/mol. The SMILES string of the molecule is CCCn1c(-c2ccccc2)cc2onc(-c3ccccc3)c2c1=O. The lowest BCUT2D eigenvalue weighted by Gasteiger charge is -2.12. The fourth-order valence-corrected chi connectivity index (χ4v) is 3.14. The molecule has 0 saturated heterocycles. The minimum atomic E-state index is -0.0571. The maximum atomic E-state index is 13.2. The van der Waals surface area contributed by atoms with E-state index in [1.54, 1.807) is 0 Å². The van der Waals surface area contributed by atoms with Gasteiger partial charge in [-0.3, -0.25) is 4.79 Å². The lowest BCUT2D eigenvalue weighted by atomic mass is 10.1. The molecule has 0 atom stereocenters. The molecule has 4 heteroatoms. The van der Waals surface area contributed by atoms with E-state index >= 15 is 0 Å². The van der Waals surface area contributed by atoms with Gasteiger partial charge in [-0.15, -0.1) is 0 Å². The molecule has 0 fully saturated rings. The largest absolute Gasteiger partial charge is 0.355 e. The molecular weight excluding hydrogens is 312 g/mol. The summed E-state index contributed by atoms with van der Waals surface area (Å²) in [6.45, 7) is 2.72. The second kappa shape index (κ2) is 6.40. The van der Waals surface area contributed by atoms with Crippen molar-refractivity contribution in [1.29, 1.82) is 0 Å². The van der Waals surface area contributed by atoms with Crippen LogP contribution in [0.3, 0.4) is 0 Å². The van der Waals surface area contributed by atoms with Gasteiger partial charge in [0.25, 0.3) is 5.56 Å². The molecular formula is C21H18N2O2. The van der Waals surface area contributed by atoms with Gasteiger partial charge in [-0.1, -0.05) is 72.7 Å². The topological polar surface area (TPSA) is 48.0 Å². The van der Waals surface area contributed by atoms with Crippen molar-refractivity contribution in [2.75, 3.05) is 0 Å². The van der Waals surface area contributed by atoms with Crippen LogP contribution in [-0.2, 0) is 6.54 Å². The van der Waals surface area contributed by atoms with Gasteiger partial charge in [0.05, 0.1) is 5.69 Å². The van der Waals surface area contributed by atoms with Gasteiger partial charge in [0.15, 0.2) is 5.58 Å². The maximum Gasteiger partial charge on any atom is 0.264 e. The van der Waals surface area contributed by atoms with Crippen LogP contribution in [0.1, 0.15) is 13.3 Å². The van der Waals surface area contributed by atoms with Crippen LogP contribution >= 0.6 is 0 Å². The summed E-state index contributed by atoms with van der Waals surface area (Å²) in [6.07, 6.45) is 0.872. The van der Waals surface area contributed by atoms with E-state index in [4.69, 9.17) is 4.52 Å². The Hall–Kier alpha value is -3.14. The molecule has 0 radical (unpaired) electrons. The van der Waals surface area contributed by atoms with Gasteiger partial charge in [-0.05, 0) is 12.0 Å². The van der Waals surface area contributed by atoms with Crippen LogP contribution < -0.4 is 5.56 Å². The van der Waals surface area contributed by atoms with Gasteiger partial charge < -0.3 is 9.09 Å². The van der Waals surface area contributed by atoms with Crippen LogP contribution in [0, 0.1) is 0 Å². The zero-order valence-corrected chi connectivity index (χ0v) is 14.0. The zero-order chi connectivity index (χ0) is 17.2. The van der Waals surface area contributed by atoms with Crippen LogP contribution in [0.25, 0.3) is 33.5 Å². The Bertz CT molecular complexity index is 1060. The smallest absolute Gasteiger partial charge is 0.264 e. The number of hydrogen-bond acceptors (Lipinski definition) is 3. The number of rotatable bonds is 4. The molecule has 0 bridgehead atoms. The number of benzene rings is 2. The number of hydrogen-bond donors (Lipinski definition) is 0. The molecule has 0 N–H and O–H groups in total. The summed E-state index contributed by atoms with van der Waals surface area (Å²) < 4.78 is 7.34. The van der Waals surface area contributed by atoms with Crippen LogP contribution in [0.2, 0.25) is 0 Å². The molecule has 0 saturated carbocycles. The predicted octanol–water partition coefficient (Wildman–Crippen LogP) is 4.73. The third-order valence-corrected chi connectivity index (χ3v) is 4.30. The minimum absolute atomic E-state index is 0.0571. The first-order chi connectivity index (χ1) is 12.3.